The van der Waals surface area contributed by atoms with E-state index in [9.17, 15) is 15.0 Å². The van der Waals surface area contributed by atoms with Gasteiger partial charge in [0.1, 0.15) is 6.10 Å². The Labute approximate surface area is 141 Å². The number of carbonyl (C=O) groups is 1. The number of nitrogens with zero attached hydrogens (tertiary/aromatic N) is 1. The second kappa shape index (κ2) is 6.73. The SMILES string of the molecule is CC(O)OCCN(C)c1cccc2c1C(=O)c1ccccc1C2O. The first-order chi connectivity index (χ1) is 11.5. The Hall–Kier alpha value is -2.21. The van der Waals surface area contributed by atoms with E-state index in [1.54, 1.807) is 31.2 Å². The van der Waals surface area contributed by atoms with E-state index >= 15 is 0 Å². The van der Waals surface area contributed by atoms with E-state index in [2.05, 4.69) is 0 Å². The molecule has 0 bridgehead atoms. The second-order valence-electron chi connectivity index (χ2n) is 5.95. The summed E-state index contributed by atoms with van der Waals surface area (Å²) in [5, 5.41) is 19.8. The second-order valence-corrected chi connectivity index (χ2v) is 5.95. The first kappa shape index (κ1) is 16.6. The van der Waals surface area contributed by atoms with E-state index in [0.29, 0.717) is 35.4 Å². The van der Waals surface area contributed by atoms with Crippen LogP contribution in [-0.4, -0.2) is 42.5 Å². The summed E-state index contributed by atoms with van der Waals surface area (Å²) in [5.74, 6) is -0.0789. The fraction of sp³-hybridized carbons (Fsp3) is 0.316. The van der Waals surface area contributed by atoms with Crippen LogP contribution in [0.3, 0.4) is 0 Å². The summed E-state index contributed by atoms with van der Waals surface area (Å²) in [5.41, 5.74) is 3.09. The lowest BCUT2D eigenvalue weighted by molar-refractivity contribution is -0.0820. The monoisotopic (exact) mass is 327 g/mol. The average Bonchev–Trinajstić information content (AvgIpc) is 2.58. The molecule has 2 atom stereocenters. The molecule has 0 amide bonds. The van der Waals surface area contributed by atoms with Gasteiger partial charge >= 0.3 is 0 Å². The van der Waals surface area contributed by atoms with Crippen LogP contribution in [0, 0.1) is 0 Å². The van der Waals surface area contributed by atoms with Crippen LogP contribution in [0.4, 0.5) is 5.69 Å². The van der Waals surface area contributed by atoms with Crippen LogP contribution in [-0.2, 0) is 4.74 Å². The maximum Gasteiger partial charge on any atom is 0.195 e. The smallest absolute Gasteiger partial charge is 0.195 e. The average molecular weight is 327 g/mol. The maximum atomic E-state index is 13.0. The van der Waals surface area contributed by atoms with E-state index in [0.717, 1.165) is 5.69 Å². The van der Waals surface area contributed by atoms with Crippen molar-refractivity contribution in [3.05, 3.63) is 64.7 Å². The highest BCUT2D eigenvalue weighted by molar-refractivity contribution is 6.15. The molecule has 1 aliphatic rings. The third kappa shape index (κ3) is 2.94. The Kier molecular flexibility index (Phi) is 4.66. The molecule has 0 aliphatic heterocycles. The van der Waals surface area contributed by atoms with Crippen LogP contribution in [0.25, 0.3) is 0 Å². The highest BCUT2D eigenvalue weighted by atomic mass is 16.6. The molecule has 0 saturated carbocycles. The predicted molar refractivity (Wildman–Crippen MR) is 91.3 cm³/mol. The number of aliphatic hydroxyl groups excluding tert-OH is 2. The lowest BCUT2D eigenvalue weighted by Gasteiger charge is -2.29. The zero-order valence-electron chi connectivity index (χ0n) is 13.8. The molecular formula is C19H21NO4. The Bertz CT molecular complexity index is 757. The van der Waals surface area contributed by atoms with Crippen molar-refractivity contribution in [1.29, 1.82) is 0 Å². The van der Waals surface area contributed by atoms with Gasteiger partial charge < -0.3 is 19.8 Å². The number of fused-ring (bicyclic) bond motifs is 2. The van der Waals surface area contributed by atoms with Crippen LogP contribution in [0.1, 0.15) is 40.1 Å². The third-order valence-corrected chi connectivity index (χ3v) is 4.29. The molecule has 5 heteroatoms. The molecule has 0 radical (unpaired) electrons. The molecule has 126 valence electrons. The van der Waals surface area contributed by atoms with Crippen molar-refractivity contribution in [2.24, 2.45) is 0 Å². The summed E-state index contributed by atoms with van der Waals surface area (Å²) >= 11 is 0. The van der Waals surface area contributed by atoms with Gasteiger partial charge in [0.15, 0.2) is 12.1 Å². The van der Waals surface area contributed by atoms with Crippen molar-refractivity contribution in [2.45, 2.75) is 19.3 Å². The fourth-order valence-corrected chi connectivity index (χ4v) is 3.08. The van der Waals surface area contributed by atoms with E-state index in [1.807, 2.05) is 30.1 Å². The minimum atomic E-state index is -0.821. The minimum Gasteiger partial charge on any atom is -0.384 e. The highest BCUT2D eigenvalue weighted by Crippen LogP contribution is 2.38. The van der Waals surface area contributed by atoms with E-state index in [4.69, 9.17) is 4.74 Å². The summed E-state index contributed by atoms with van der Waals surface area (Å²) in [6.45, 7) is 2.42. The number of likely N-dealkylation sites (N-methyl/N-ethyl adjacent to an activating group) is 1. The van der Waals surface area contributed by atoms with Crippen LogP contribution in [0.2, 0.25) is 0 Å². The molecule has 2 unspecified atom stereocenters. The van der Waals surface area contributed by atoms with Crippen LogP contribution in [0.5, 0.6) is 0 Å². The molecule has 0 saturated heterocycles. The lowest BCUT2D eigenvalue weighted by Crippen LogP contribution is -2.28. The summed E-state index contributed by atoms with van der Waals surface area (Å²) < 4.78 is 5.16. The molecule has 2 aromatic carbocycles. The Morgan fingerprint density at radius 3 is 2.62 bits per heavy atom. The molecule has 24 heavy (non-hydrogen) atoms. The van der Waals surface area contributed by atoms with E-state index < -0.39 is 12.4 Å². The third-order valence-electron chi connectivity index (χ3n) is 4.29. The zero-order chi connectivity index (χ0) is 17.3. The summed E-state index contributed by atoms with van der Waals surface area (Å²) in [6.07, 6.45) is -1.63. The molecule has 0 spiro atoms. The molecule has 2 aromatic rings. The van der Waals surface area contributed by atoms with Gasteiger partial charge in [-0.05, 0) is 24.1 Å². The standard InChI is InChI=1S/C19H21NO4/c1-12(21)24-11-10-20(2)16-9-5-8-15-17(16)19(23)14-7-4-3-6-13(14)18(15)22/h3-9,12,18,21-22H,10-11H2,1-2H3. The number of hydrogen-bond acceptors (Lipinski definition) is 5. The summed E-state index contributed by atoms with van der Waals surface area (Å²) in [6, 6.07) is 12.6. The molecule has 1 aliphatic carbocycles. The van der Waals surface area contributed by atoms with Gasteiger partial charge in [0.2, 0.25) is 0 Å². The van der Waals surface area contributed by atoms with Gasteiger partial charge in [-0.2, -0.15) is 0 Å². The first-order valence-electron chi connectivity index (χ1n) is 7.96. The minimum absolute atomic E-state index is 0.0789. The number of ether oxygens (including phenoxy) is 1. The molecule has 0 aromatic heterocycles. The first-order valence-corrected chi connectivity index (χ1v) is 7.96. The highest BCUT2D eigenvalue weighted by Gasteiger charge is 2.32. The van der Waals surface area contributed by atoms with E-state index in [1.165, 1.54) is 0 Å². The Morgan fingerprint density at radius 1 is 1.17 bits per heavy atom. The number of hydrogen-bond donors (Lipinski definition) is 2. The molecular weight excluding hydrogens is 306 g/mol. The fourth-order valence-electron chi connectivity index (χ4n) is 3.08. The van der Waals surface area contributed by atoms with Gasteiger partial charge in [0, 0.05) is 24.8 Å². The van der Waals surface area contributed by atoms with Crippen molar-refractivity contribution >= 4 is 11.5 Å². The van der Waals surface area contributed by atoms with Crippen molar-refractivity contribution < 1.29 is 19.7 Å². The number of aliphatic hydroxyl groups is 2. The van der Waals surface area contributed by atoms with Gasteiger partial charge in [0.05, 0.1) is 12.2 Å². The van der Waals surface area contributed by atoms with Gasteiger partial charge in [-0.3, -0.25) is 4.79 Å². The number of anilines is 1. The number of carbonyl (C=O) groups excluding carboxylic acids is 1. The number of rotatable bonds is 5. The summed E-state index contributed by atoms with van der Waals surface area (Å²) in [7, 11) is 1.86. The van der Waals surface area contributed by atoms with Crippen molar-refractivity contribution in [2.75, 3.05) is 25.1 Å². The lowest BCUT2D eigenvalue weighted by atomic mass is 9.82. The predicted octanol–water partition coefficient (Wildman–Crippen LogP) is 2.10. The quantitative estimate of drug-likeness (QED) is 0.823. The zero-order valence-corrected chi connectivity index (χ0v) is 13.8. The van der Waals surface area contributed by atoms with Crippen LogP contribution < -0.4 is 4.90 Å². The van der Waals surface area contributed by atoms with Crippen molar-refractivity contribution in [1.82, 2.24) is 0 Å². The molecule has 3 rings (SSSR count). The Balaban J connectivity index is 1.96. The van der Waals surface area contributed by atoms with Gasteiger partial charge in [-0.15, -0.1) is 0 Å². The van der Waals surface area contributed by atoms with Gasteiger partial charge in [-0.25, -0.2) is 0 Å². The van der Waals surface area contributed by atoms with Crippen molar-refractivity contribution in [3.63, 3.8) is 0 Å². The maximum absolute atomic E-state index is 13.0. The molecule has 5 nitrogen and oxygen atoms in total. The van der Waals surface area contributed by atoms with Crippen LogP contribution >= 0.6 is 0 Å². The molecule has 0 fully saturated rings. The topological polar surface area (TPSA) is 70.0 Å². The molecule has 0 heterocycles. The largest absolute Gasteiger partial charge is 0.384 e. The molecule has 2 N–H and O–H groups in total. The Morgan fingerprint density at radius 2 is 1.88 bits per heavy atom. The van der Waals surface area contributed by atoms with E-state index in [-0.39, 0.29) is 5.78 Å². The number of ketones is 1. The normalized spacial score (nSPS) is 17.2. The summed E-state index contributed by atoms with van der Waals surface area (Å²) in [4.78, 5) is 14.9. The van der Waals surface area contributed by atoms with Gasteiger partial charge in [-0.1, -0.05) is 36.4 Å². The number of benzene rings is 2. The van der Waals surface area contributed by atoms with Gasteiger partial charge in [0.25, 0.3) is 0 Å². The van der Waals surface area contributed by atoms with Crippen molar-refractivity contribution in [3.8, 4) is 0 Å². The van der Waals surface area contributed by atoms with Crippen LogP contribution in [0.15, 0.2) is 42.5 Å².